The van der Waals surface area contributed by atoms with Gasteiger partial charge in [-0.25, -0.2) is 0 Å². The monoisotopic (exact) mass is 331 g/mol. The molecule has 0 heterocycles. The third-order valence-corrected chi connectivity index (χ3v) is 4.32. The van der Waals surface area contributed by atoms with Crippen molar-refractivity contribution in [1.82, 2.24) is 5.32 Å². The van der Waals surface area contributed by atoms with Gasteiger partial charge in [-0.2, -0.15) is 11.8 Å². The number of carbonyl (C=O) groups excluding carboxylic acids is 1. The summed E-state index contributed by atoms with van der Waals surface area (Å²) in [6, 6.07) is 15.4. The molecule has 0 unspecified atom stereocenters. The highest BCUT2D eigenvalue weighted by Gasteiger charge is 2.10. The standard InChI is InChI=1S/C18H21NO3S/c1-21-16-9-8-15(12-17(16)22-2)18(20)19-10-11-23-13-14-6-4-3-5-7-14/h3-9,12H,10-11,13H2,1-2H3,(H,19,20). The van der Waals surface area contributed by atoms with Crippen molar-refractivity contribution in [3.8, 4) is 11.5 Å². The Morgan fingerprint density at radius 1 is 1.04 bits per heavy atom. The first-order chi connectivity index (χ1) is 11.2. The highest BCUT2D eigenvalue weighted by atomic mass is 32.2. The lowest BCUT2D eigenvalue weighted by Gasteiger charge is -2.10. The summed E-state index contributed by atoms with van der Waals surface area (Å²) in [5.74, 6) is 2.88. The second-order valence-electron chi connectivity index (χ2n) is 4.86. The molecule has 2 aromatic carbocycles. The van der Waals surface area contributed by atoms with E-state index in [1.807, 2.05) is 18.2 Å². The van der Waals surface area contributed by atoms with Gasteiger partial charge in [0.05, 0.1) is 14.2 Å². The van der Waals surface area contributed by atoms with Crippen molar-refractivity contribution in [2.45, 2.75) is 5.75 Å². The molecular formula is C18H21NO3S. The molecule has 2 rings (SSSR count). The van der Waals surface area contributed by atoms with Gasteiger partial charge in [0.25, 0.3) is 5.91 Å². The number of benzene rings is 2. The SMILES string of the molecule is COc1ccc(C(=O)NCCSCc2ccccc2)cc1OC. The molecular weight excluding hydrogens is 310 g/mol. The lowest BCUT2D eigenvalue weighted by atomic mass is 10.2. The molecule has 0 aliphatic rings. The third kappa shape index (κ3) is 5.21. The Labute approximate surface area is 141 Å². The molecule has 1 N–H and O–H groups in total. The van der Waals surface area contributed by atoms with Crippen molar-refractivity contribution in [2.75, 3.05) is 26.5 Å². The number of carbonyl (C=O) groups is 1. The van der Waals surface area contributed by atoms with E-state index in [0.29, 0.717) is 23.6 Å². The zero-order valence-electron chi connectivity index (χ0n) is 13.4. The Balaban J connectivity index is 1.76. The molecule has 2 aromatic rings. The van der Waals surface area contributed by atoms with E-state index in [4.69, 9.17) is 9.47 Å². The summed E-state index contributed by atoms with van der Waals surface area (Å²) in [7, 11) is 3.13. The molecule has 0 radical (unpaired) electrons. The summed E-state index contributed by atoms with van der Waals surface area (Å²) in [5.41, 5.74) is 1.86. The molecule has 1 amide bonds. The van der Waals surface area contributed by atoms with E-state index in [1.54, 1.807) is 44.2 Å². The number of thioether (sulfide) groups is 1. The van der Waals surface area contributed by atoms with Crippen molar-refractivity contribution in [2.24, 2.45) is 0 Å². The highest BCUT2D eigenvalue weighted by molar-refractivity contribution is 7.98. The van der Waals surface area contributed by atoms with Crippen LogP contribution in [0, 0.1) is 0 Å². The summed E-state index contributed by atoms with van der Waals surface area (Å²) in [6.07, 6.45) is 0. The van der Waals surface area contributed by atoms with Gasteiger partial charge in [-0.1, -0.05) is 30.3 Å². The Morgan fingerprint density at radius 3 is 2.48 bits per heavy atom. The number of hydrogen-bond donors (Lipinski definition) is 1. The largest absolute Gasteiger partial charge is 0.493 e. The molecule has 0 spiro atoms. The van der Waals surface area contributed by atoms with Crippen molar-refractivity contribution < 1.29 is 14.3 Å². The van der Waals surface area contributed by atoms with Crippen LogP contribution in [0.15, 0.2) is 48.5 Å². The van der Waals surface area contributed by atoms with Gasteiger partial charge in [0.2, 0.25) is 0 Å². The number of hydrogen-bond acceptors (Lipinski definition) is 4. The van der Waals surface area contributed by atoms with Crippen LogP contribution < -0.4 is 14.8 Å². The quantitative estimate of drug-likeness (QED) is 0.754. The van der Waals surface area contributed by atoms with Crippen LogP contribution in [0.25, 0.3) is 0 Å². The van der Waals surface area contributed by atoms with Gasteiger partial charge >= 0.3 is 0 Å². The number of amides is 1. The normalized spacial score (nSPS) is 10.2. The molecule has 122 valence electrons. The average Bonchev–Trinajstić information content (AvgIpc) is 2.61. The number of nitrogens with one attached hydrogen (secondary N) is 1. The van der Waals surface area contributed by atoms with Gasteiger partial charge in [-0.3, -0.25) is 4.79 Å². The lowest BCUT2D eigenvalue weighted by molar-refractivity contribution is 0.0956. The van der Waals surface area contributed by atoms with Crippen molar-refractivity contribution in [3.63, 3.8) is 0 Å². The molecule has 0 aliphatic carbocycles. The van der Waals surface area contributed by atoms with E-state index in [-0.39, 0.29) is 5.91 Å². The van der Waals surface area contributed by atoms with E-state index in [1.165, 1.54) is 5.56 Å². The first-order valence-corrected chi connectivity index (χ1v) is 8.52. The van der Waals surface area contributed by atoms with Gasteiger partial charge in [-0.15, -0.1) is 0 Å². The molecule has 5 heteroatoms. The zero-order chi connectivity index (χ0) is 16.5. The fourth-order valence-corrected chi connectivity index (χ4v) is 2.90. The molecule has 4 nitrogen and oxygen atoms in total. The van der Waals surface area contributed by atoms with Crippen LogP contribution in [0.3, 0.4) is 0 Å². The van der Waals surface area contributed by atoms with E-state index in [0.717, 1.165) is 11.5 Å². The number of ether oxygens (including phenoxy) is 2. The van der Waals surface area contributed by atoms with Crippen LogP contribution in [0.4, 0.5) is 0 Å². The Kier molecular flexibility index (Phi) is 6.81. The lowest BCUT2D eigenvalue weighted by Crippen LogP contribution is -2.25. The Morgan fingerprint density at radius 2 is 1.78 bits per heavy atom. The molecule has 0 saturated carbocycles. The van der Waals surface area contributed by atoms with Crippen LogP contribution in [0.5, 0.6) is 11.5 Å². The first-order valence-electron chi connectivity index (χ1n) is 7.36. The second kappa shape index (κ2) is 9.10. The molecule has 0 fully saturated rings. The average molecular weight is 331 g/mol. The van der Waals surface area contributed by atoms with Gasteiger partial charge in [0, 0.05) is 23.6 Å². The Hall–Kier alpha value is -2.14. The second-order valence-corrected chi connectivity index (χ2v) is 5.97. The maximum atomic E-state index is 12.1. The molecule has 0 aromatic heterocycles. The van der Waals surface area contributed by atoms with E-state index < -0.39 is 0 Å². The molecule has 23 heavy (non-hydrogen) atoms. The van der Waals surface area contributed by atoms with Crippen LogP contribution in [0.2, 0.25) is 0 Å². The summed E-state index contributed by atoms with van der Waals surface area (Å²) >= 11 is 1.80. The van der Waals surface area contributed by atoms with Crippen molar-refractivity contribution in [1.29, 1.82) is 0 Å². The molecule has 0 bridgehead atoms. The van der Waals surface area contributed by atoms with Crippen LogP contribution in [-0.2, 0) is 5.75 Å². The summed E-state index contributed by atoms with van der Waals surface area (Å²) in [6.45, 7) is 0.630. The number of methoxy groups -OCH3 is 2. The van der Waals surface area contributed by atoms with Gasteiger partial charge < -0.3 is 14.8 Å². The van der Waals surface area contributed by atoms with Gasteiger partial charge in [0.1, 0.15) is 0 Å². The van der Waals surface area contributed by atoms with Crippen LogP contribution in [0.1, 0.15) is 15.9 Å². The predicted octanol–water partition coefficient (Wildman–Crippen LogP) is 3.37. The van der Waals surface area contributed by atoms with E-state index in [2.05, 4.69) is 17.4 Å². The van der Waals surface area contributed by atoms with E-state index >= 15 is 0 Å². The van der Waals surface area contributed by atoms with E-state index in [9.17, 15) is 4.79 Å². The fraction of sp³-hybridized carbons (Fsp3) is 0.278. The third-order valence-electron chi connectivity index (χ3n) is 3.29. The minimum atomic E-state index is -0.105. The molecule has 0 aliphatic heterocycles. The fourth-order valence-electron chi connectivity index (χ4n) is 2.08. The predicted molar refractivity (Wildman–Crippen MR) is 94.5 cm³/mol. The summed E-state index contributed by atoms with van der Waals surface area (Å²) in [4.78, 5) is 12.1. The van der Waals surface area contributed by atoms with Gasteiger partial charge in [-0.05, 0) is 23.8 Å². The minimum Gasteiger partial charge on any atom is -0.493 e. The van der Waals surface area contributed by atoms with Crippen molar-refractivity contribution in [3.05, 3.63) is 59.7 Å². The summed E-state index contributed by atoms with van der Waals surface area (Å²) < 4.78 is 10.4. The van der Waals surface area contributed by atoms with Crippen LogP contribution in [-0.4, -0.2) is 32.4 Å². The minimum absolute atomic E-state index is 0.105. The number of rotatable bonds is 8. The maximum absolute atomic E-state index is 12.1. The highest BCUT2D eigenvalue weighted by Crippen LogP contribution is 2.27. The van der Waals surface area contributed by atoms with Gasteiger partial charge in [0.15, 0.2) is 11.5 Å². The topological polar surface area (TPSA) is 47.6 Å². The first kappa shape index (κ1) is 17.2. The molecule has 0 saturated heterocycles. The smallest absolute Gasteiger partial charge is 0.251 e. The molecule has 0 atom stereocenters. The maximum Gasteiger partial charge on any atom is 0.251 e. The Bertz CT molecular complexity index is 631. The summed E-state index contributed by atoms with van der Waals surface area (Å²) in [5, 5.41) is 2.92. The van der Waals surface area contributed by atoms with Crippen molar-refractivity contribution >= 4 is 17.7 Å². The van der Waals surface area contributed by atoms with Crippen LogP contribution >= 0.6 is 11.8 Å². The zero-order valence-corrected chi connectivity index (χ0v) is 14.2.